The predicted molar refractivity (Wildman–Crippen MR) is 146 cm³/mol. The first-order chi connectivity index (χ1) is 17.7. The second-order valence-corrected chi connectivity index (χ2v) is 10.2. The zero-order chi connectivity index (χ0) is 26.4. The Labute approximate surface area is 228 Å². The highest BCUT2D eigenvalue weighted by Crippen LogP contribution is 2.36. The molecular formula is C26H24Cl3N5O3. The van der Waals surface area contributed by atoms with Gasteiger partial charge in [0, 0.05) is 36.9 Å². The van der Waals surface area contributed by atoms with Crippen molar-refractivity contribution in [3.63, 3.8) is 0 Å². The van der Waals surface area contributed by atoms with E-state index in [0.717, 1.165) is 18.0 Å². The molecule has 2 aliphatic heterocycles. The first kappa shape index (κ1) is 25.6. The lowest BCUT2D eigenvalue weighted by Crippen LogP contribution is -2.46. The van der Waals surface area contributed by atoms with Crippen molar-refractivity contribution in [1.82, 2.24) is 19.6 Å². The number of amides is 2. The number of anilines is 1. The first-order valence-electron chi connectivity index (χ1n) is 11.8. The maximum absolute atomic E-state index is 14.0. The van der Waals surface area contributed by atoms with Crippen LogP contribution in [0.5, 0.6) is 0 Å². The van der Waals surface area contributed by atoms with E-state index >= 15 is 0 Å². The second kappa shape index (κ2) is 10.0. The molecule has 11 heteroatoms. The third-order valence-corrected chi connectivity index (χ3v) is 7.65. The molecule has 2 aliphatic rings. The molecule has 0 spiro atoms. The summed E-state index contributed by atoms with van der Waals surface area (Å²) >= 11 is 18.5. The van der Waals surface area contributed by atoms with E-state index in [2.05, 4.69) is 10.00 Å². The molecule has 0 radical (unpaired) electrons. The van der Waals surface area contributed by atoms with Gasteiger partial charge in [-0.25, -0.2) is 9.58 Å². The summed E-state index contributed by atoms with van der Waals surface area (Å²) in [4.78, 5) is 46.8. The fraction of sp³-hybridized carbons (Fsp3) is 0.269. The van der Waals surface area contributed by atoms with E-state index in [-0.39, 0.29) is 21.9 Å². The molecule has 0 saturated carbocycles. The van der Waals surface area contributed by atoms with Crippen LogP contribution in [-0.4, -0.2) is 64.6 Å². The lowest BCUT2D eigenvalue weighted by atomic mass is 10.0. The Kier molecular flexibility index (Phi) is 6.93. The highest BCUT2D eigenvalue weighted by molar-refractivity contribution is 6.46. The van der Waals surface area contributed by atoms with Crippen LogP contribution < -0.4 is 10.5 Å². The number of halogens is 3. The number of likely N-dealkylation sites (N-methyl/N-ethyl adjacent to an activating group) is 1. The number of hydrogen-bond acceptors (Lipinski definition) is 5. The summed E-state index contributed by atoms with van der Waals surface area (Å²) in [6.45, 7) is 4.41. The van der Waals surface area contributed by atoms with E-state index in [1.54, 1.807) is 42.5 Å². The van der Waals surface area contributed by atoms with Gasteiger partial charge in [0.05, 0.1) is 32.6 Å². The van der Waals surface area contributed by atoms with Crippen LogP contribution in [0.3, 0.4) is 0 Å². The maximum atomic E-state index is 14.0. The summed E-state index contributed by atoms with van der Waals surface area (Å²) in [5.74, 6) is -1.04. The second-order valence-electron chi connectivity index (χ2n) is 9.00. The van der Waals surface area contributed by atoms with Crippen molar-refractivity contribution in [2.45, 2.75) is 13.3 Å². The van der Waals surface area contributed by atoms with Crippen molar-refractivity contribution in [2.24, 2.45) is 0 Å². The Morgan fingerprint density at radius 3 is 2.24 bits per heavy atom. The molecule has 0 aliphatic carbocycles. The Hall–Kier alpha value is -3.04. The van der Waals surface area contributed by atoms with Gasteiger partial charge in [-0.3, -0.25) is 19.5 Å². The third kappa shape index (κ3) is 4.48. The van der Waals surface area contributed by atoms with Crippen LogP contribution in [0.15, 0.2) is 53.0 Å². The van der Waals surface area contributed by atoms with Gasteiger partial charge >= 0.3 is 0 Å². The van der Waals surface area contributed by atoms with Gasteiger partial charge < -0.3 is 9.80 Å². The number of aryl methyl sites for hydroxylation is 1. The molecule has 8 nitrogen and oxygen atoms in total. The Balaban J connectivity index is 1.71. The van der Waals surface area contributed by atoms with Crippen molar-refractivity contribution in [3.05, 3.63) is 84.8 Å². The van der Waals surface area contributed by atoms with Gasteiger partial charge in [-0.1, -0.05) is 47.8 Å². The number of rotatable bonds is 5. The molecular weight excluding hydrogens is 537 g/mol. The molecule has 0 atom stereocenters. The summed E-state index contributed by atoms with van der Waals surface area (Å²) < 4.78 is 1.32. The summed E-state index contributed by atoms with van der Waals surface area (Å²) in [5, 5.41) is 4.15. The molecule has 0 unspecified atom stereocenters. The number of aromatic nitrogens is 2. The minimum absolute atomic E-state index is 0.0893. The minimum Gasteiger partial charge on any atom is -0.364 e. The SMILES string of the molecule is CCc1[nH]n(-c2ccc(Cl)c(Cl)c2)c(=O)c1C1=C(N2CCN(C)CC2)C(=O)N(c2cccc(Cl)c2)C1=O. The van der Waals surface area contributed by atoms with Crippen LogP contribution >= 0.6 is 34.8 Å². The number of H-pyrrole nitrogens is 1. The number of nitrogens with one attached hydrogen (secondary N) is 1. The number of piperazine rings is 1. The lowest BCUT2D eigenvalue weighted by Gasteiger charge is -2.34. The molecule has 1 fully saturated rings. The van der Waals surface area contributed by atoms with Gasteiger partial charge in [-0.2, -0.15) is 0 Å². The topological polar surface area (TPSA) is 81.7 Å². The van der Waals surface area contributed by atoms with Crippen LogP contribution in [0.4, 0.5) is 5.69 Å². The zero-order valence-corrected chi connectivity index (χ0v) is 22.5. The number of aromatic amines is 1. The molecule has 2 aromatic carbocycles. The first-order valence-corrected chi connectivity index (χ1v) is 13.0. The van der Waals surface area contributed by atoms with Crippen LogP contribution in [0.25, 0.3) is 11.3 Å². The highest BCUT2D eigenvalue weighted by Gasteiger charge is 2.45. The van der Waals surface area contributed by atoms with E-state index < -0.39 is 17.4 Å². The number of benzene rings is 2. The number of hydrogen-bond donors (Lipinski definition) is 1. The Bertz CT molecular complexity index is 1500. The number of imide groups is 1. The number of carbonyl (C=O) groups excluding carboxylic acids is 2. The predicted octanol–water partition coefficient (Wildman–Crippen LogP) is 4.22. The van der Waals surface area contributed by atoms with Crippen LogP contribution in [0, 0.1) is 0 Å². The van der Waals surface area contributed by atoms with Gasteiger partial charge in [0.25, 0.3) is 17.4 Å². The molecule has 192 valence electrons. The zero-order valence-electron chi connectivity index (χ0n) is 20.2. The number of nitrogens with zero attached hydrogens (tertiary/aromatic N) is 4. The molecule has 0 bridgehead atoms. The molecule has 2 amide bonds. The molecule has 5 rings (SSSR count). The normalized spacial score (nSPS) is 16.9. The molecule has 1 aromatic heterocycles. The minimum atomic E-state index is -0.562. The van der Waals surface area contributed by atoms with Gasteiger partial charge in [0.1, 0.15) is 5.70 Å². The summed E-state index contributed by atoms with van der Waals surface area (Å²) in [6.07, 6.45) is 0.428. The van der Waals surface area contributed by atoms with Gasteiger partial charge in [0.2, 0.25) is 0 Å². The Morgan fingerprint density at radius 2 is 1.59 bits per heavy atom. The molecule has 37 heavy (non-hydrogen) atoms. The number of carbonyl (C=O) groups is 2. The van der Waals surface area contributed by atoms with Crippen molar-refractivity contribution >= 4 is 57.9 Å². The average Bonchev–Trinajstić information content (AvgIpc) is 3.33. The molecule has 3 heterocycles. The van der Waals surface area contributed by atoms with E-state index in [1.165, 1.54) is 4.68 Å². The maximum Gasteiger partial charge on any atom is 0.282 e. The molecule has 3 aromatic rings. The quantitative estimate of drug-likeness (QED) is 0.473. The lowest BCUT2D eigenvalue weighted by molar-refractivity contribution is -0.120. The molecule has 1 saturated heterocycles. The van der Waals surface area contributed by atoms with Gasteiger partial charge in [0.15, 0.2) is 0 Å². The van der Waals surface area contributed by atoms with Crippen molar-refractivity contribution in [3.8, 4) is 5.69 Å². The summed E-state index contributed by atoms with van der Waals surface area (Å²) in [6, 6.07) is 11.4. The fourth-order valence-corrected chi connectivity index (χ4v) is 5.20. The van der Waals surface area contributed by atoms with Crippen molar-refractivity contribution in [2.75, 3.05) is 38.1 Å². The smallest absolute Gasteiger partial charge is 0.282 e. The van der Waals surface area contributed by atoms with Crippen molar-refractivity contribution in [1.29, 1.82) is 0 Å². The van der Waals surface area contributed by atoms with E-state index in [4.69, 9.17) is 34.8 Å². The monoisotopic (exact) mass is 559 g/mol. The third-order valence-electron chi connectivity index (χ3n) is 6.68. The van der Waals surface area contributed by atoms with Crippen molar-refractivity contribution < 1.29 is 9.59 Å². The molecule has 1 N–H and O–H groups in total. The fourth-order valence-electron chi connectivity index (χ4n) is 4.72. The van der Waals surface area contributed by atoms with Crippen LogP contribution in [0.1, 0.15) is 18.2 Å². The average molecular weight is 561 g/mol. The van der Waals surface area contributed by atoms with Gasteiger partial charge in [-0.05, 0) is 49.9 Å². The van der Waals surface area contributed by atoms with Crippen LogP contribution in [0.2, 0.25) is 15.1 Å². The highest BCUT2D eigenvalue weighted by atomic mass is 35.5. The standard InChI is InChI=1S/C26H24Cl3N5O3/c1-3-20-21(25(36)34(30-20)17-7-8-18(28)19(29)14-17)22-23(32-11-9-31(2)10-12-32)26(37)33(24(22)35)16-6-4-5-15(27)13-16/h4-8,13-14,30H,3,9-12H2,1-2H3. The summed E-state index contributed by atoms with van der Waals surface area (Å²) in [7, 11) is 2.00. The Morgan fingerprint density at radius 1 is 0.865 bits per heavy atom. The van der Waals surface area contributed by atoms with E-state index in [9.17, 15) is 14.4 Å². The van der Waals surface area contributed by atoms with E-state index in [1.807, 2.05) is 18.9 Å². The largest absolute Gasteiger partial charge is 0.364 e. The summed E-state index contributed by atoms with van der Waals surface area (Å²) in [5.41, 5.74) is 1.38. The van der Waals surface area contributed by atoms with Gasteiger partial charge in [-0.15, -0.1) is 0 Å². The van der Waals surface area contributed by atoms with Crippen LogP contribution in [-0.2, 0) is 16.0 Å². The van der Waals surface area contributed by atoms with E-state index in [0.29, 0.717) is 46.6 Å².